The van der Waals surface area contributed by atoms with E-state index in [2.05, 4.69) is 44.3 Å². The Kier molecular flexibility index (Phi) is 4.29. The van der Waals surface area contributed by atoms with E-state index in [4.69, 9.17) is 9.15 Å². The zero-order chi connectivity index (χ0) is 19.4. The van der Waals surface area contributed by atoms with Crippen molar-refractivity contribution in [1.29, 1.82) is 0 Å². The van der Waals surface area contributed by atoms with Gasteiger partial charge in [-0.15, -0.1) is 5.10 Å². The Morgan fingerprint density at radius 3 is 2.66 bits per heavy atom. The number of anilines is 1. The third-order valence-electron chi connectivity index (χ3n) is 7.51. The van der Waals surface area contributed by atoms with Crippen molar-refractivity contribution in [3.63, 3.8) is 0 Å². The van der Waals surface area contributed by atoms with E-state index < -0.39 is 0 Å². The third-order valence-corrected chi connectivity index (χ3v) is 7.51. The van der Waals surface area contributed by atoms with Gasteiger partial charge < -0.3 is 14.1 Å². The summed E-state index contributed by atoms with van der Waals surface area (Å²) < 4.78 is 11.4. The molecule has 29 heavy (non-hydrogen) atoms. The maximum absolute atomic E-state index is 6.04. The van der Waals surface area contributed by atoms with Crippen LogP contribution in [0.3, 0.4) is 0 Å². The second-order valence-electron chi connectivity index (χ2n) is 9.45. The van der Waals surface area contributed by atoms with Crippen LogP contribution in [0, 0.1) is 11.8 Å². The third kappa shape index (κ3) is 3.21. The maximum atomic E-state index is 6.04. The first kappa shape index (κ1) is 17.8. The molecule has 0 unspecified atom stereocenters. The molecular formula is C23H30N4O2. The molecule has 4 heterocycles. The maximum Gasteiger partial charge on any atom is 0.318 e. The fourth-order valence-corrected chi connectivity index (χ4v) is 6.00. The quantitative estimate of drug-likeness (QED) is 0.781. The van der Waals surface area contributed by atoms with Crippen LogP contribution in [-0.4, -0.2) is 47.9 Å². The molecule has 3 aliphatic heterocycles. The summed E-state index contributed by atoms with van der Waals surface area (Å²) >= 11 is 0. The van der Waals surface area contributed by atoms with Crippen LogP contribution < -0.4 is 9.64 Å². The van der Waals surface area contributed by atoms with Crippen molar-refractivity contribution in [2.75, 3.05) is 31.6 Å². The first-order chi connectivity index (χ1) is 14.3. The van der Waals surface area contributed by atoms with Crippen molar-refractivity contribution >= 4 is 6.01 Å². The minimum atomic E-state index is 0.527. The number of aromatic nitrogens is 2. The molecule has 0 N–H and O–H groups in total. The molecular weight excluding hydrogens is 364 g/mol. The molecule has 6 heteroatoms. The average molecular weight is 395 g/mol. The van der Waals surface area contributed by atoms with E-state index in [0.29, 0.717) is 29.8 Å². The normalized spacial score (nSPS) is 32.1. The summed E-state index contributed by atoms with van der Waals surface area (Å²) in [5, 5.41) is 8.71. The monoisotopic (exact) mass is 394 g/mol. The van der Waals surface area contributed by atoms with Crippen molar-refractivity contribution in [1.82, 2.24) is 15.1 Å². The summed E-state index contributed by atoms with van der Waals surface area (Å²) in [6, 6.07) is 10.7. The molecule has 4 atom stereocenters. The Balaban J connectivity index is 1.21. The first-order valence-corrected chi connectivity index (χ1v) is 11.3. The number of rotatable bonds is 4. The summed E-state index contributed by atoms with van der Waals surface area (Å²) in [5.74, 6) is 3.70. The highest BCUT2D eigenvalue weighted by Gasteiger charge is 2.45. The molecule has 154 valence electrons. The fourth-order valence-electron chi connectivity index (χ4n) is 6.00. The van der Waals surface area contributed by atoms with E-state index in [9.17, 15) is 0 Å². The van der Waals surface area contributed by atoms with Gasteiger partial charge in [-0.1, -0.05) is 17.2 Å². The Morgan fingerprint density at radius 2 is 1.86 bits per heavy atom. The number of hydrogen-bond donors (Lipinski definition) is 0. The van der Waals surface area contributed by atoms with E-state index in [1.165, 1.54) is 50.6 Å². The minimum Gasteiger partial charge on any atom is -0.497 e. The lowest BCUT2D eigenvalue weighted by molar-refractivity contribution is -0.0207. The molecule has 4 aliphatic rings. The highest BCUT2D eigenvalue weighted by molar-refractivity contribution is 5.31. The van der Waals surface area contributed by atoms with E-state index >= 15 is 0 Å². The molecule has 6 rings (SSSR count). The SMILES string of the molecule is COc1ccc([C@H]2CCC[C@H]3[C@@H]4C[C@@H](CN(c5nnc(C6CC6)o5)C4)CN23)cc1. The smallest absolute Gasteiger partial charge is 0.318 e. The summed E-state index contributed by atoms with van der Waals surface area (Å²) in [6.45, 7) is 3.28. The van der Waals surface area contributed by atoms with Gasteiger partial charge in [0.1, 0.15) is 5.75 Å². The van der Waals surface area contributed by atoms with Gasteiger partial charge in [0.05, 0.1) is 7.11 Å². The molecule has 0 spiro atoms. The number of nitrogens with zero attached hydrogens (tertiary/aromatic N) is 4. The summed E-state index contributed by atoms with van der Waals surface area (Å²) in [4.78, 5) is 5.21. The zero-order valence-electron chi connectivity index (χ0n) is 17.2. The van der Waals surface area contributed by atoms with Gasteiger partial charge in [-0.2, -0.15) is 0 Å². The van der Waals surface area contributed by atoms with Crippen LogP contribution in [0.15, 0.2) is 28.7 Å². The highest BCUT2D eigenvalue weighted by Crippen LogP contribution is 2.45. The van der Waals surface area contributed by atoms with Gasteiger partial charge in [0.15, 0.2) is 0 Å². The van der Waals surface area contributed by atoms with Crippen molar-refractivity contribution in [3.8, 4) is 5.75 Å². The molecule has 1 aliphatic carbocycles. The molecule has 2 bridgehead atoms. The van der Waals surface area contributed by atoms with Gasteiger partial charge >= 0.3 is 6.01 Å². The Bertz CT molecular complexity index is 862. The number of methoxy groups -OCH3 is 1. The number of piperidine rings is 3. The molecule has 3 saturated heterocycles. The lowest BCUT2D eigenvalue weighted by atomic mass is 9.74. The van der Waals surface area contributed by atoms with Crippen LogP contribution >= 0.6 is 0 Å². The number of ether oxygens (including phenoxy) is 1. The highest BCUT2D eigenvalue weighted by atomic mass is 16.5. The van der Waals surface area contributed by atoms with E-state index in [1.54, 1.807) is 7.11 Å². The summed E-state index contributed by atoms with van der Waals surface area (Å²) in [6.07, 6.45) is 7.64. The molecule has 0 radical (unpaired) electrons. The van der Waals surface area contributed by atoms with E-state index in [-0.39, 0.29) is 0 Å². The van der Waals surface area contributed by atoms with Gasteiger partial charge in [-0.25, -0.2) is 0 Å². The molecule has 6 nitrogen and oxygen atoms in total. The van der Waals surface area contributed by atoms with Gasteiger partial charge in [-0.05, 0) is 68.1 Å². The van der Waals surface area contributed by atoms with E-state index in [0.717, 1.165) is 30.7 Å². The van der Waals surface area contributed by atoms with Crippen LogP contribution in [0.25, 0.3) is 0 Å². The van der Waals surface area contributed by atoms with Crippen molar-refractivity contribution in [3.05, 3.63) is 35.7 Å². The Morgan fingerprint density at radius 1 is 1.00 bits per heavy atom. The van der Waals surface area contributed by atoms with E-state index in [1.807, 2.05) is 0 Å². The lowest BCUT2D eigenvalue weighted by Crippen LogP contribution is -2.59. The van der Waals surface area contributed by atoms with Crippen molar-refractivity contribution in [2.45, 2.75) is 56.5 Å². The van der Waals surface area contributed by atoms with Crippen LogP contribution in [0.2, 0.25) is 0 Å². The van der Waals surface area contributed by atoms with Crippen LogP contribution in [0.4, 0.5) is 6.01 Å². The fraction of sp³-hybridized carbons (Fsp3) is 0.652. The largest absolute Gasteiger partial charge is 0.497 e. The predicted octanol–water partition coefficient (Wildman–Crippen LogP) is 4.01. The molecule has 1 aromatic heterocycles. The van der Waals surface area contributed by atoms with Crippen molar-refractivity contribution < 1.29 is 9.15 Å². The zero-order valence-corrected chi connectivity index (χ0v) is 17.2. The van der Waals surface area contributed by atoms with Gasteiger partial charge in [0, 0.05) is 37.6 Å². The molecule has 1 aromatic carbocycles. The molecule has 4 fully saturated rings. The molecule has 2 aromatic rings. The van der Waals surface area contributed by atoms with Gasteiger partial charge in [0.25, 0.3) is 0 Å². The van der Waals surface area contributed by atoms with Crippen LogP contribution in [-0.2, 0) is 0 Å². The Labute approximate surface area is 172 Å². The summed E-state index contributed by atoms with van der Waals surface area (Å²) in [5.41, 5.74) is 1.44. The van der Waals surface area contributed by atoms with Gasteiger partial charge in [0.2, 0.25) is 5.89 Å². The summed E-state index contributed by atoms with van der Waals surface area (Å²) in [7, 11) is 1.74. The average Bonchev–Trinajstić information content (AvgIpc) is 3.50. The minimum absolute atomic E-state index is 0.527. The number of benzene rings is 1. The standard InChI is InChI=1S/C23H30N4O2/c1-28-19-9-7-16(8-10-19)20-3-2-4-21-18-11-15(13-27(20)21)12-26(14-18)23-25-24-22(29-23)17-5-6-17/h7-10,15,17-18,20-21H,2-6,11-14H2,1H3/t15-,18+,20+,21-/m0/s1. The second-order valence-corrected chi connectivity index (χ2v) is 9.45. The van der Waals surface area contributed by atoms with Crippen LogP contribution in [0.1, 0.15) is 61.9 Å². The molecule has 0 amide bonds. The number of hydrogen-bond acceptors (Lipinski definition) is 6. The first-order valence-electron chi connectivity index (χ1n) is 11.3. The molecule has 1 saturated carbocycles. The second kappa shape index (κ2) is 7.01. The Hall–Kier alpha value is -2.08. The lowest BCUT2D eigenvalue weighted by Gasteiger charge is -2.55. The topological polar surface area (TPSA) is 54.6 Å². The van der Waals surface area contributed by atoms with Crippen molar-refractivity contribution in [2.24, 2.45) is 11.8 Å². The van der Waals surface area contributed by atoms with Crippen LogP contribution in [0.5, 0.6) is 5.75 Å². The van der Waals surface area contributed by atoms with Gasteiger partial charge in [-0.3, -0.25) is 4.90 Å². The predicted molar refractivity (Wildman–Crippen MR) is 110 cm³/mol. The number of fused-ring (bicyclic) bond motifs is 4.